The van der Waals surface area contributed by atoms with Gasteiger partial charge in [-0.05, 0) is 37.1 Å². The van der Waals surface area contributed by atoms with Crippen LogP contribution in [0.5, 0.6) is 5.75 Å². The fourth-order valence-corrected chi connectivity index (χ4v) is 1.86. The number of ether oxygens (including phenoxy) is 1. The molecule has 0 spiro atoms. The second-order valence-corrected chi connectivity index (χ2v) is 5.13. The van der Waals surface area contributed by atoms with Crippen molar-refractivity contribution in [3.8, 4) is 5.75 Å². The second-order valence-electron chi connectivity index (χ2n) is 5.13. The Hall–Kier alpha value is -2.20. The van der Waals surface area contributed by atoms with E-state index in [-0.39, 0.29) is 11.8 Å². The molecule has 0 bridgehead atoms. The number of hydrogen-bond acceptors (Lipinski definition) is 3. The molecule has 0 saturated heterocycles. The van der Waals surface area contributed by atoms with Crippen molar-refractivity contribution in [2.24, 2.45) is 0 Å². The van der Waals surface area contributed by atoms with E-state index in [1.54, 1.807) is 6.92 Å². The van der Waals surface area contributed by atoms with E-state index < -0.39 is 0 Å². The molecule has 0 saturated carbocycles. The zero-order valence-corrected chi connectivity index (χ0v) is 13.9. The molecule has 1 N–H and O–H groups in total. The Labute approximate surface area is 137 Å². The fraction of sp³-hybridized carbons (Fsp3) is 0.316. The van der Waals surface area contributed by atoms with Crippen molar-refractivity contribution in [3.63, 3.8) is 0 Å². The Bertz CT molecular complexity index is 570. The summed E-state index contributed by atoms with van der Waals surface area (Å²) in [6.45, 7) is 4.72. The van der Waals surface area contributed by atoms with E-state index in [4.69, 9.17) is 4.74 Å². The topological polar surface area (TPSA) is 38.3 Å². The fourth-order valence-electron chi connectivity index (χ4n) is 1.86. The molecule has 3 nitrogen and oxygen atoms in total. The molecule has 0 aliphatic rings. The van der Waals surface area contributed by atoms with Crippen molar-refractivity contribution < 1.29 is 13.9 Å². The number of benzene rings is 2. The Morgan fingerprint density at radius 1 is 1.04 bits per heavy atom. The van der Waals surface area contributed by atoms with E-state index in [1.807, 2.05) is 61.5 Å². The molecule has 23 heavy (non-hydrogen) atoms. The number of halogens is 1. The van der Waals surface area contributed by atoms with Crippen LogP contribution >= 0.6 is 0 Å². The lowest BCUT2D eigenvalue weighted by atomic mass is 10.2. The van der Waals surface area contributed by atoms with Gasteiger partial charge >= 0.3 is 0 Å². The Morgan fingerprint density at radius 2 is 1.65 bits per heavy atom. The number of carbonyl (C=O) groups excluding carboxylic acids is 1. The molecule has 2 aromatic carbocycles. The summed E-state index contributed by atoms with van der Waals surface area (Å²) >= 11 is 0. The van der Waals surface area contributed by atoms with Gasteiger partial charge in [0.1, 0.15) is 18.1 Å². The van der Waals surface area contributed by atoms with Crippen LogP contribution in [0.3, 0.4) is 0 Å². The van der Waals surface area contributed by atoms with Gasteiger partial charge in [-0.25, -0.2) is 0 Å². The van der Waals surface area contributed by atoms with E-state index >= 15 is 0 Å². The van der Waals surface area contributed by atoms with Crippen LogP contribution in [0.4, 0.5) is 4.39 Å². The molecule has 0 aliphatic heterocycles. The molecule has 0 fully saturated rings. The van der Waals surface area contributed by atoms with Gasteiger partial charge in [0.15, 0.2) is 0 Å². The van der Waals surface area contributed by atoms with Gasteiger partial charge in [0.25, 0.3) is 0 Å². The molecule has 124 valence electrons. The normalized spacial score (nSPS) is 11.1. The number of Topliss-reactive ketones (excluding diaryl/α,β-unsaturated/α-hetero) is 1. The summed E-state index contributed by atoms with van der Waals surface area (Å²) in [4.78, 5) is 11.2. The third-order valence-electron chi connectivity index (χ3n) is 3.39. The van der Waals surface area contributed by atoms with Crippen molar-refractivity contribution in [2.75, 3.05) is 7.18 Å². The van der Waals surface area contributed by atoms with Crippen LogP contribution in [0.2, 0.25) is 0 Å². The molecular weight excluding hydrogens is 293 g/mol. The molecule has 0 radical (unpaired) electrons. The molecule has 0 aromatic heterocycles. The zero-order valence-electron chi connectivity index (χ0n) is 13.9. The Kier molecular flexibility index (Phi) is 8.62. The van der Waals surface area contributed by atoms with E-state index in [0.29, 0.717) is 20.3 Å². The van der Waals surface area contributed by atoms with Crippen molar-refractivity contribution >= 4 is 5.78 Å². The maximum absolute atomic E-state index is 11.2. The number of nitrogens with one attached hydrogen (secondary N) is 1. The molecule has 0 aliphatic carbocycles. The van der Waals surface area contributed by atoms with Gasteiger partial charge in [0, 0.05) is 6.54 Å². The maximum atomic E-state index is 11.2. The minimum Gasteiger partial charge on any atom is -0.489 e. The van der Waals surface area contributed by atoms with Gasteiger partial charge in [-0.2, -0.15) is 0 Å². The molecule has 0 heterocycles. The molecule has 0 amide bonds. The zero-order chi connectivity index (χ0) is 17.1. The molecule has 2 rings (SSSR count). The molecule has 2 aromatic rings. The highest BCUT2D eigenvalue weighted by Crippen LogP contribution is 2.14. The predicted molar refractivity (Wildman–Crippen MR) is 91.2 cm³/mol. The second kappa shape index (κ2) is 10.5. The van der Waals surface area contributed by atoms with Crippen LogP contribution in [0.15, 0.2) is 54.6 Å². The lowest BCUT2D eigenvalue weighted by molar-refractivity contribution is -0.118. The summed E-state index contributed by atoms with van der Waals surface area (Å²) in [6.07, 6.45) is 0. The minimum atomic E-state index is -0.112. The smallest absolute Gasteiger partial charge is 0.146 e. The third-order valence-corrected chi connectivity index (χ3v) is 3.39. The van der Waals surface area contributed by atoms with Gasteiger partial charge < -0.3 is 10.1 Å². The Balaban J connectivity index is 0.00000127. The first-order valence-corrected chi connectivity index (χ1v) is 7.52. The first-order chi connectivity index (χ1) is 11.1. The lowest BCUT2D eigenvalue weighted by Gasteiger charge is -2.11. The highest BCUT2D eigenvalue weighted by molar-refractivity contribution is 5.80. The van der Waals surface area contributed by atoms with Crippen molar-refractivity contribution in [1.82, 2.24) is 5.32 Å². The minimum absolute atomic E-state index is 0.112. The average Bonchev–Trinajstić information content (AvgIpc) is 2.61. The van der Waals surface area contributed by atoms with Crippen LogP contribution in [0.1, 0.15) is 25.0 Å². The van der Waals surface area contributed by atoms with Crippen LogP contribution < -0.4 is 10.1 Å². The summed E-state index contributed by atoms with van der Waals surface area (Å²) in [5, 5.41) is 3.19. The average molecular weight is 317 g/mol. The van der Waals surface area contributed by atoms with Crippen molar-refractivity contribution in [1.29, 1.82) is 0 Å². The monoisotopic (exact) mass is 317 g/mol. The quantitative estimate of drug-likeness (QED) is 0.841. The standard InChI is InChI=1S/C18H21NO2.CH3F/c1-14(15(2)20)19-12-16-8-10-18(11-9-16)21-13-17-6-4-3-5-7-17;1-2/h3-11,14,19H,12-13H2,1-2H3;1H3. The van der Waals surface area contributed by atoms with Crippen LogP contribution in [-0.2, 0) is 17.9 Å². The third kappa shape index (κ3) is 7.06. The van der Waals surface area contributed by atoms with Gasteiger partial charge in [0.2, 0.25) is 0 Å². The number of carbonyl (C=O) groups is 1. The molecular formula is C19H24FNO2. The predicted octanol–water partition coefficient (Wildman–Crippen LogP) is 3.92. The van der Waals surface area contributed by atoms with E-state index in [9.17, 15) is 9.18 Å². The SMILES string of the molecule is CC(=O)C(C)NCc1ccc(OCc2ccccc2)cc1.CF. The van der Waals surface area contributed by atoms with E-state index in [2.05, 4.69) is 5.32 Å². The number of alkyl halides is 1. The highest BCUT2D eigenvalue weighted by atomic mass is 19.1. The lowest BCUT2D eigenvalue weighted by Crippen LogP contribution is -2.31. The van der Waals surface area contributed by atoms with Gasteiger partial charge in [-0.3, -0.25) is 9.18 Å². The van der Waals surface area contributed by atoms with Crippen LogP contribution in [-0.4, -0.2) is 19.0 Å². The van der Waals surface area contributed by atoms with Gasteiger partial charge in [-0.15, -0.1) is 0 Å². The summed E-state index contributed by atoms with van der Waals surface area (Å²) in [6, 6.07) is 17.9. The number of hydrogen-bond donors (Lipinski definition) is 1. The first-order valence-electron chi connectivity index (χ1n) is 7.52. The maximum Gasteiger partial charge on any atom is 0.146 e. The summed E-state index contributed by atoms with van der Waals surface area (Å²) < 4.78 is 15.2. The van der Waals surface area contributed by atoms with Gasteiger partial charge in [0.05, 0.1) is 13.2 Å². The van der Waals surface area contributed by atoms with Gasteiger partial charge in [-0.1, -0.05) is 42.5 Å². The molecule has 1 unspecified atom stereocenters. The van der Waals surface area contributed by atoms with Crippen LogP contribution in [0.25, 0.3) is 0 Å². The number of rotatable bonds is 7. The number of ketones is 1. The Morgan fingerprint density at radius 3 is 2.22 bits per heavy atom. The van der Waals surface area contributed by atoms with Crippen LogP contribution in [0, 0.1) is 0 Å². The summed E-state index contributed by atoms with van der Waals surface area (Å²) in [5.41, 5.74) is 2.29. The summed E-state index contributed by atoms with van der Waals surface area (Å²) in [5.74, 6) is 1.00. The highest BCUT2D eigenvalue weighted by Gasteiger charge is 2.06. The first kappa shape index (κ1) is 18.8. The molecule has 1 atom stereocenters. The molecule has 4 heteroatoms. The largest absolute Gasteiger partial charge is 0.489 e. The van der Waals surface area contributed by atoms with Crippen molar-refractivity contribution in [2.45, 2.75) is 33.0 Å². The van der Waals surface area contributed by atoms with Crippen molar-refractivity contribution in [3.05, 3.63) is 65.7 Å². The van der Waals surface area contributed by atoms with E-state index in [1.165, 1.54) is 0 Å². The summed E-state index contributed by atoms with van der Waals surface area (Å²) in [7, 11) is 0.500. The van der Waals surface area contributed by atoms with E-state index in [0.717, 1.165) is 16.9 Å².